The number of esters is 1. The van der Waals surface area contributed by atoms with Crippen LogP contribution in [0.15, 0.2) is 94.9 Å². The molecule has 9 rings (SSSR count). The van der Waals surface area contributed by atoms with Gasteiger partial charge in [-0.15, -0.1) is 0 Å². The molecule has 5 heterocycles. The fourth-order valence-corrected chi connectivity index (χ4v) is 7.99. The van der Waals surface area contributed by atoms with Crippen molar-refractivity contribution in [2.24, 2.45) is 9.98 Å². The van der Waals surface area contributed by atoms with Gasteiger partial charge in [0, 0.05) is 37.7 Å². The van der Waals surface area contributed by atoms with Crippen molar-refractivity contribution < 1.29 is 33.3 Å². The van der Waals surface area contributed by atoms with Gasteiger partial charge in [0.25, 0.3) is 11.8 Å². The van der Waals surface area contributed by atoms with Crippen LogP contribution < -0.4 is 14.2 Å². The molecule has 0 bridgehead atoms. The fraction of sp³-hybridized carbons (Fsp3) is 0.244. The van der Waals surface area contributed by atoms with Crippen LogP contribution in [0.1, 0.15) is 70.3 Å². The molecular formula is C45H39N5O7. The predicted octanol–water partition coefficient (Wildman–Crippen LogP) is 6.91. The Hall–Kier alpha value is -6.82. The topological polar surface area (TPSA) is 132 Å². The molecule has 0 aliphatic carbocycles. The largest absolute Gasteiger partial charge is 0.493 e. The van der Waals surface area contributed by atoms with Gasteiger partial charge in [0.15, 0.2) is 11.5 Å². The van der Waals surface area contributed by atoms with Crippen LogP contribution in [0.4, 0.5) is 11.4 Å². The van der Waals surface area contributed by atoms with Crippen molar-refractivity contribution in [3.8, 4) is 17.2 Å². The number of benzene rings is 4. The number of aryl methyl sites for hydroxylation is 1. The van der Waals surface area contributed by atoms with Gasteiger partial charge in [0.05, 0.1) is 65.8 Å². The highest BCUT2D eigenvalue weighted by Gasteiger charge is 2.34. The number of pyridine rings is 1. The Bertz CT molecular complexity index is 2530. The minimum absolute atomic E-state index is 0.0136. The number of hydrogen-bond donors (Lipinski definition) is 0. The first kappa shape index (κ1) is 35.9. The Balaban J connectivity index is 0.939. The second-order valence-corrected chi connectivity index (χ2v) is 14.6. The smallest absolute Gasteiger partial charge is 0.337 e. The number of nitrogens with zero attached hydrogens (tertiary/aromatic N) is 5. The molecule has 286 valence electrons. The first-order valence-corrected chi connectivity index (χ1v) is 18.8. The van der Waals surface area contributed by atoms with Crippen LogP contribution in [-0.4, -0.2) is 71.3 Å². The molecule has 4 aromatic carbocycles. The van der Waals surface area contributed by atoms with E-state index in [0.717, 1.165) is 16.7 Å². The minimum atomic E-state index is -0.540. The maximum atomic E-state index is 13.8. The molecule has 1 aromatic heterocycles. The summed E-state index contributed by atoms with van der Waals surface area (Å²) in [6.45, 7) is 2.88. The van der Waals surface area contributed by atoms with Crippen LogP contribution in [0.3, 0.4) is 0 Å². The van der Waals surface area contributed by atoms with E-state index in [1.165, 1.54) is 25.3 Å². The molecule has 57 heavy (non-hydrogen) atoms. The van der Waals surface area contributed by atoms with Gasteiger partial charge in [0.1, 0.15) is 19.0 Å². The van der Waals surface area contributed by atoms with Gasteiger partial charge in [-0.2, -0.15) is 0 Å². The van der Waals surface area contributed by atoms with E-state index in [1.54, 1.807) is 30.3 Å². The summed E-state index contributed by atoms with van der Waals surface area (Å²) in [4.78, 5) is 58.3. The van der Waals surface area contributed by atoms with Gasteiger partial charge in [-0.1, -0.05) is 48.5 Å². The Morgan fingerprint density at radius 3 is 1.72 bits per heavy atom. The van der Waals surface area contributed by atoms with Crippen LogP contribution in [-0.2, 0) is 43.9 Å². The molecule has 0 saturated carbocycles. The van der Waals surface area contributed by atoms with Crippen LogP contribution >= 0.6 is 0 Å². The molecule has 4 aliphatic rings. The summed E-state index contributed by atoms with van der Waals surface area (Å²) in [7, 11) is 2.83. The number of carbonyl (C=O) groups excluding carboxylic acids is 3. The molecule has 0 N–H and O–H groups in total. The first-order chi connectivity index (χ1) is 27.8. The Morgan fingerprint density at radius 2 is 1.18 bits per heavy atom. The molecular weight excluding hydrogens is 723 g/mol. The van der Waals surface area contributed by atoms with E-state index in [-0.39, 0.29) is 42.7 Å². The maximum absolute atomic E-state index is 13.8. The highest BCUT2D eigenvalue weighted by molar-refractivity contribution is 6.04. The lowest BCUT2D eigenvalue weighted by atomic mass is 9.94. The number of rotatable bonds is 8. The zero-order valence-corrected chi connectivity index (χ0v) is 31.7. The van der Waals surface area contributed by atoms with Gasteiger partial charge < -0.3 is 28.7 Å². The molecule has 0 saturated heterocycles. The van der Waals surface area contributed by atoms with E-state index in [2.05, 4.69) is 24.3 Å². The number of ether oxygens (including phenoxy) is 4. The summed E-state index contributed by atoms with van der Waals surface area (Å²) in [5.41, 5.74) is 8.59. The predicted molar refractivity (Wildman–Crippen MR) is 212 cm³/mol. The molecule has 2 amide bonds. The first-order valence-electron chi connectivity index (χ1n) is 18.8. The number of carbonyl (C=O) groups is 3. The average Bonchev–Trinajstić information content (AvgIpc) is 3.45. The number of aliphatic imine (C=N–C) groups is 2. The van der Waals surface area contributed by atoms with Crippen molar-refractivity contribution in [2.45, 2.75) is 58.2 Å². The minimum Gasteiger partial charge on any atom is -0.493 e. The van der Waals surface area contributed by atoms with Crippen molar-refractivity contribution in [1.82, 2.24) is 14.8 Å². The summed E-state index contributed by atoms with van der Waals surface area (Å²) in [5, 5.41) is 0. The average molecular weight is 762 g/mol. The van der Waals surface area contributed by atoms with Crippen LogP contribution in [0.5, 0.6) is 17.2 Å². The Kier molecular flexibility index (Phi) is 9.24. The van der Waals surface area contributed by atoms with Crippen molar-refractivity contribution in [1.29, 1.82) is 0 Å². The Morgan fingerprint density at radius 1 is 0.667 bits per heavy atom. The molecule has 0 radical (unpaired) electrons. The number of methoxy groups -OCH3 is 2. The lowest BCUT2D eigenvalue weighted by Crippen LogP contribution is -2.44. The van der Waals surface area contributed by atoms with Gasteiger partial charge >= 0.3 is 5.97 Å². The van der Waals surface area contributed by atoms with Crippen molar-refractivity contribution in [3.63, 3.8) is 0 Å². The monoisotopic (exact) mass is 761 g/mol. The number of amides is 2. The second-order valence-electron chi connectivity index (χ2n) is 14.6. The third-order valence-corrected chi connectivity index (χ3v) is 11.0. The number of fused-ring (bicyclic) bond motifs is 6. The lowest BCUT2D eigenvalue weighted by molar-refractivity contribution is 0.0599. The molecule has 12 nitrogen and oxygen atoms in total. The van der Waals surface area contributed by atoms with E-state index in [0.29, 0.717) is 77.1 Å². The van der Waals surface area contributed by atoms with Crippen LogP contribution in [0.25, 0.3) is 0 Å². The molecule has 0 unspecified atom stereocenters. The molecule has 0 spiro atoms. The highest BCUT2D eigenvalue weighted by Crippen LogP contribution is 2.39. The van der Waals surface area contributed by atoms with Crippen molar-refractivity contribution in [3.05, 3.63) is 141 Å². The van der Waals surface area contributed by atoms with Crippen LogP contribution in [0.2, 0.25) is 0 Å². The van der Waals surface area contributed by atoms with Crippen LogP contribution in [0, 0.1) is 6.92 Å². The SMILES string of the molecule is COC(=O)c1cc(COc2cc3c(cc2C)C(=O)N2Cc4ccccc4C[C@H]2C=N3)nc(COc2cc3c(cc2OC)C(=O)N2Cc4ccccc4C[C@H]2C=N3)c1. The standard InChI is InChI=1S/C45H39N5O7/c1-26-12-36-38(46-20-34-15-27-8-4-6-10-29(27)22-49(34)43(36)51)18-40(26)56-24-32-13-31(45(53)55-3)14-33(48-32)25-57-42-19-39-37(17-41(42)54-2)44(52)50-23-30-11-7-5-9-28(30)16-35(50)21-47-39/h4-14,17-21,34-35H,15-16,22-25H2,1-3H3/t34-,35-/m0/s1. The molecule has 0 fully saturated rings. The Labute approximate surface area is 329 Å². The van der Waals surface area contributed by atoms with Gasteiger partial charge in [-0.25, -0.2) is 4.79 Å². The molecule has 4 aliphatic heterocycles. The zero-order chi connectivity index (χ0) is 39.2. The zero-order valence-electron chi connectivity index (χ0n) is 31.7. The van der Waals surface area contributed by atoms with E-state index >= 15 is 0 Å². The van der Waals surface area contributed by atoms with E-state index in [4.69, 9.17) is 33.9 Å². The second kappa shape index (κ2) is 14.7. The summed E-state index contributed by atoms with van der Waals surface area (Å²) < 4.78 is 23.2. The molecule has 2 atom stereocenters. The quantitative estimate of drug-likeness (QED) is 0.156. The van der Waals surface area contributed by atoms with E-state index in [1.807, 2.05) is 59.5 Å². The summed E-state index contributed by atoms with van der Waals surface area (Å²) in [5.74, 6) is 0.523. The van der Waals surface area contributed by atoms with Crippen molar-refractivity contribution in [2.75, 3.05) is 14.2 Å². The highest BCUT2D eigenvalue weighted by atomic mass is 16.5. The van der Waals surface area contributed by atoms with Gasteiger partial charge in [-0.05, 0) is 71.8 Å². The lowest BCUT2D eigenvalue weighted by Gasteiger charge is -2.34. The summed E-state index contributed by atoms with van der Waals surface area (Å²) in [6.07, 6.45) is 5.06. The third kappa shape index (κ3) is 6.77. The number of hydrogen-bond acceptors (Lipinski definition) is 10. The summed E-state index contributed by atoms with van der Waals surface area (Å²) >= 11 is 0. The number of aromatic nitrogens is 1. The van der Waals surface area contributed by atoms with Gasteiger partial charge in [0.2, 0.25) is 0 Å². The maximum Gasteiger partial charge on any atom is 0.337 e. The van der Waals surface area contributed by atoms with E-state index < -0.39 is 5.97 Å². The third-order valence-electron chi connectivity index (χ3n) is 11.0. The summed E-state index contributed by atoms with van der Waals surface area (Å²) in [6, 6.07) is 26.2. The molecule has 12 heteroatoms. The van der Waals surface area contributed by atoms with Crippen molar-refractivity contribution >= 4 is 41.6 Å². The van der Waals surface area contributed by atoms with Gasteiger partial charge in [-0.3, -0.25) is 24.6 Å². The normalized spacial score (nSPS) is 17.5. The fourth-order valence-electron chi connectivity index (χ4n) is 7.99. The van der Waals surface area contributed by atoms with E-state index in [9.17, 15) is 14.4 Å². The molecule has 5 aromatic rings.